The normalized spacial score (nSPS) is 21.2. The van der Waals surface area contributed by atoms with Gasteiger partial charge in [-0.3, -0.25) is 14.4 Å². The zero-order chi connectivity index (χ0) is 13.1. The van der Waals surface area contributed by atoms with Gasteiger partial charge in [0, 0.05) is 20.1 Å². The molecule has 5 nitrogen and oxygen atoms in total. The lowest BCUT2D eigenvalue weighted by Crippen LogP contribution is -2.46. The molecule has 1 saturated heterocycles. The van der Waals surface area contributed by atoms with Gasteiger partial charge in [-0.15, -0.1) is 0 Å². The lowest BCUT2D eigenvalue weighted by Gasteiger charge is -2.31. The van der Waals surface area contributed by atoms with Crippen molar-refractivity contribution in [1.82, 2.24) is 14.7 Å². The van der Waals surface area contributed by atoms with Gasteiger partial charge in [-0.2, -0.15) is 5.10 Å². The fraction of sp³-hybridized carbons (Fsp3) is 0.667. The van der Waals surface area contributed by atoms with E-state index < -0.39 is 0 Å². The van der Waals surface area contributed by atoms with Gasteiger partial charge in [0.05, 0.1) is 17.3 Å². The summed E-state index contributed by atoms with van der Waals surface area (Å²) in [7, 11) is 1.77. The van der Waals surface area contributed by atoms with Gasteiger partial charge < -0.3 is 4.74 Å². The van der Waals surface area contributed by atoms with Gasteiger partial charge >= 0.3 is 0 Å². The second kappa shape index (κ2) is 5.95. The van der Waals surface area contributed by atoms with E-state index in [2.05, 4.69) is 32.9 Å². The predicted molar refractivity (Wildman–Crippen MR) is 71.7 cm³/mol. The highest BCUT2D eigenvalue weighted by Crippen LogP contribution is 2.19. The fourth-order valence-corrected chi connectivity index (χ4v) is 2.76. The lowest BCUT2D eigenvalue weighted by atomic mass is 10.1. The molecule has 1 fully saturated rings. The van der Waals surface area contributed by atoms with Gasteiger partial charge in [0.2, 0.25) is 5.78 Å². The number of carbonyl (C=O) groups is 1. The predicted octanol–water partition coefficient (Wildman–Crippen LogP) is 1.48. The van der Waals surface area contributed by atoms with Crippen molar-refractivity contribution in [2.45, 2.75) is 19.4 Å². The number of ketones is 1. The standard InChI is InChI=1S/C12H18BrN3O2/c1-3-4-16-5-6-18-10(8-16)12(17)11-9(13)7-14-15(11)2/h7,10H,3-6,8H2,1-2H3. The van der Waals surface area contributed by atoms with Crippen molar-refractivity contribution < 1.29 is 9.53 Å². The SMILES string of the molecule is CCCN1CCOC(C(=O)c2c(Br)cnn2C)C1. The largest absolute Gasteiger partial charge is 0.367 e. The van der Waals surface area contributed by atoms with Crippen molar-refractivity contribution in [1.29, 1.82) is 0 Å². The van der Waals surface area contributed by atoms with Crippen LogP contribution >= 0.6 is 15.9 Å². The van der Waals surface area contributed by atoms with Crippen LogP contribution in [-0.4, -0.2) is 52.8 Å². The van der Waals surface area contributed by atoms with Crippen molar-refractivity contribution in [3.63, 3.8) is 0 Å². The first-order valence-corrected chi connectivity index (χ1v) is 6.98. The third kappa shape index (κ3) is 2.81. The number of rotatable bonds is 4. The van der Waals surface area contributed by atoms with E-state index in [0.29, 0.717) is 18.8 Å². The molecule has 1 aromatic rings. The van der Waals surface area contributed by atoms with E-state index in [-0.39, 0.29) is 11.9 Å². The van der Waals surface area contributed by atoms with Crippen LogP contribution in [0.5, 0.6) is 0 Å². The topological polar surface area (TPSA) is 47.4 Å². The number of Topliss-reactive ketones (excluding diaryl/α,β-unsaturated/α-hetero) is 1. The van der Waals surface area contributed by atoms with E-state index in [1.807, 2.05) is 0 Å². The lowest BCUT2D eigenvalue weighted by molar-refractivity contribution is -0.0168. The third-order valence-corrected chi connectivity index (χ3v) is 3.69. The van der Waals surface area contributed by atoms with Crippen LogP contribution in [0, 0.1) is 0 Å². The molecule has 0 aromatic carbocycles. The van der Waals surface area contributed by atoms with E-state index in [4.69, 9.17) is 4.74 Å². The number of aromatic nitrogens is 2. The summed E-state index contributed by atoms with van der Waals surface area (Å²) >= 11 is 3.36. The van der Waals surface area contributed by atoms with E-state index in [0.717, 1.165) is 24.0 Å². The Kier molecular flexibility index (Phi) is 4.53. The molecule has 0 amide bonds. The van der Waals surface area contributed by atoms with Gasteiger partial charge in [-0.1, -0.05) is 6.92 Å². The highest BCUT2D eigenvalue weighted by Gasteiger charge is 2.30. The quantitative estimate of drug-likeness (QED) is 0.790. The average Bonchev–Trinajstić information content (AvgIpc) is 2.69. The van der Waals surface area contributed by atoms with Crippen LogP contribution in [0.1, 0.15) is 23.8 Å². The molecule has 18 heavy (non-hydrogen) atoms. The van der Waals surface area contributed by atoms with Gasteiger partial charge in [0.25, 0.3) is 0 Å². The molecule has 2 heterocycles. The molecular formula is C12H18BrN3O2. The number of nitrogens with zero attached hydrogens (tertiary/aromatic N) is 3. The smallest absolute Gasteiger partial charge is 0.211 e. The Hall–Kier alpha value is -0.720. The summed E-state index contributed by atoms with van der Waals surface area (Å²) in [6.07, 6.45) is 2.35. The van der Waals surface area contributed by atoms with Crippen LogP contribution in [0.25, 0.3) is 0 Å². The molecule has 0 spiro atoms. The molecule has 6 heteroatoms. The van der Waals surface area contributed by atoms with E-state index in [1.165, 1.54) is 0 Å². The summed E-state index contributed by atoms with van der Waals surface area (Å²) in [5.74, 6) is 0.00248. The summed E-state index contributed by atoms with van der Waals surface area (Å²) in [5, 5.41) is 4.07. The molecule has 0 radical (unpaired) electrons. The molecule has 1 aromatic heterocycles. The van der Waals surface area contributed by atoms with E-state index in [1.54, 1.807) is 17.9 Å². The third-order valence-electron chi connectivity index (χ3n) is 3.11. The maximum absolute atomic E-state index is 12.4. The second-order valence-electron chi connectivity index (χ2n) is 4.49. The Bertz CT molecular complexity index is 411. The number of aryl methyl sites for hydroxylation is 1. The maximum Gasteiger partial charge on any atom is 0.211 e. The van der Waals surface area contributed by atoms with Crippen molar-refractivity contribution >= 4 is 21.7 Å². The summed E-state index contributed by atoms with van der Waals surface area (Å²) < 4.78 is 7.92. The Balaban J connectivity index is 2.09. The number of hydrogen-bond donors (Lipinski definition) is 0. The van der Waals surface area contributed by atoms with Crippen LogP contribution in [0.15, 0.2) is 10.7 Å². The molecule has 1 aliphatic heterocycles. The van der Waals surface area contributed by atoms with Crippen molar-refractivity contribution in [2.24, 2.45) is 7.05 Å². The first kappa shape index (κ1) is 13.7. The summed E-state index contributed by atoms with van der Waals surface area (Å²) in [6.45, 7) is 5.35. The Morgan fingerprint density at radius 3 is 3.06 bits per heavy atom. The maximum atomic E-state index is 12.4. The number of carbonyl (C=O) groups excluding carboxylic acids is 1. The fourth-order valence-electron chi connectivity index (χ4n) is 2.22. The van der Waals surface area contributed by atoms with E-state index >= 15 is 0 Å². The second-order valence-corrected chi connectivity index (χ2v) is 5.34. The van der Waals surface area contributed by atoms with E-state index in [9.17, 15) is 4.79 Å². The summed E-state index contributed by atoms with van der Waals surface area (Å²) in [6, 6.07) is 0. The molecule has 0 saturated carbocycles. The molecule has 1 unspecified atom stereocenters. The Labute approximate surface area is 115 Å². The van der Waals surface area contributed by atoms with Gasteiger partial charge in [-0.25, -0.2) is 0 Å². The number of morpholine rings is 1. The minimum absolute atomic E-state index is 0.00248. The minimum Gasteiger partial charge on any atom is -0.367 e. The number of ether oxygens (including phenoxy) is 1. The van der Waals surface area contributed by atoms with Gasteiger partial charge in [-0.05, 0) is 28.9 Å². The molecule has 0 aliphatic carbocycles. The van der Waals surface area contributed by atoms with Crippen molar-refractivity contribution in [3.8, 4) is 0 Å². The molecule has 1 aliphatic rings. The monoisotopic (exact) mass is 315 g/mol. The molecule has 2 rings (SSSR count). The zero-order valence-electron chi connectivity index (χ0n) is 10.7. The highest BCUT2D eigenvalue weighted by atomic mass is 79.9. The molecule has 1 atom stereocenters. The first-order valence-electron chi connectivity index (χ1n) is 6.19. The van der Waals surface area contributed by atoms with Crippen LogP contribution < -0.4 is 0 Å². The van der Waals surface area contributed by atoms with Crippen molar-refractivity contribution in [3.05, 3.63) is 16.4 Å². The molecule has 0 bridgehead atoms. The van der Waals surface area contributed by atoms with Crippen LogP contribution in [0.3, 0.4) is 0 Å². The van der Waals surface area contributed by atoms with Crippen molar-refractivity contribution in [2.75, 3.05) is 26.2 Å². The summed E-state index contributed by atoms with van der Waals surface area (Å²) in [5.41, 5.74) is 0.582. The van der Waals surface area contributed by atoms with Crippen LogP contribution in [-0.2, 0) is 11.8 Å². The average molecular weight is 316 g/mol. The Morgan fingerprint density at radius 1 is 1.67 bits per heavy atom. The Morgan fingerprint density at radius 2 is 2.44 bits per heavy atom. The van der Waals surface area contributed by atoms with Crippen LogP contribution in [0.2, 0.25) is 0 Å². The van der Waals surface area contributed by atoms with Gasteiger partial charge in [0.1, 0.15) is 11.8 Å². The molecule has 0 N–H and O–H groups in total. The molecular weight excluding hydrogens is 298 g/mol. The number of hydrogen-bond acceptors (Lipinski definition) is 4. The first-order chi connectivity index (χ1) is 8.63. The van der Waals surface area contributed by atoms with Crippen LogP contribution in [0.4, 0.5) is 0 Å². The number of halogens is 1. The minimum atomic E-state index is -0.378. The highest BCUT2D eigenvalue weighted by molar-refractivity contribution is 9.10. The zero-order valence-corrected chi connectivity index (χ0v) is 12.3. The molecule has 100 valence electrons. The van der Waals surface area contributed by atoms with Gasteiger partial charge in [0.15, 0.2) is 0 Å². The summed E-state index contributed by atoms with van der Waals surface area (Å²) in [4.78, 5) is 14.7.